The summed E-state index contributed by atoms with van der Waals surface area (Å²) in [5, 5.41) is 0. The molecule has 0 atom stereocenters. The van der Waals surface area contributed by atoms with E-state index in [1.165, 1.54) is 5.56 Å². The molecule has 1 heterocycles. The van der Waals surface area contributed by atoms with Crippen molar-refractivity contribution in [2.45, 2.75) is 58.0 Å². The maximum Gasteiger partial charge on any atom is 0.254 e. The third-order valence-electron chi connectivity index (χ3n) is 6.10. The highest BCUT2D eigenvalue weighted by atomic mass is 16.5. The van der Waals surface area contributed by atoms with Gasteiger partial charge in [0, 0.05) is 50.8 Å². The molecule has 32 heavy (non-hydrogen) atoms. The second-order valence-corrected chi connectivity index (χ2v) is 8.74. The Balaban J connectivity index is 1.70. The lowest BCUT2D eigenvalue weighted by atomic mass is 10.1. The molecule has 0 radical (unpaired) electrons. The van der Waals surface area contributed by atoms with Gasteiger partial charge in [-0.3, -0.25) is 9.59 Å². The maximum atomic E-state index is 13.3. The summed E-state index contributed by atoms with van der Waals surface area (Å²) < 4.78 is 7.22. The molecule has 1 aliphatic rings. The van der Waals surface area contributed by atoms with Crippen LogP contribution in [0.3, 0.4) is 0 Å². The number of amides is 2. The number of nitrogens with zero attached hydrogens (tertiary/aromatic N) is 3. The summed E-state index contributed by atoms with van der Waals surface area (Å²) in [6.45, 7) is 3.91. The zero-order valence-corrected chi connectivity index (χ0v) is 19.8. The van der Waals surface area contributed by atoms with Gasteiger partial charge in [-0.25, -0.2) is 0 Å². The minimum absolute atomic E-state index is 0.0130. The van der Waals surface area contributed by atoms with Gasteiger partial charge in [-0.15, -0.1) is 0 Å². The highest BCUT2D eigenvalue weighted by Crippen LogP contribution is 2.28. The standard InChI is InChI=1S/C26H37N3O3/c1-4-5-8-21-10-12-22(13-11-21)26(31)28(17-7-18-32-3)20-25(30)29(23-14-15-23)19-24-9-6-16-27(24)2/h6,9-13,16,23H,4-5,7-8,14-15,17-20H2,1-3H3. The fourth-order valence-corrected chi connectivity index (χ4v) is 3.93. The molecular weight excluding hydrogens is 402 g/mol. The average Bonchev–Trinajstić information content (AvgIpc) is 3.56. The lowest BCUT2D eigenvalue weighted by Crippen LogP contribution is -2.44. The number of aryl methyl sites for hydroxylation is 2. The molecule has 0 N–H and O–H groups in total. The fraction of sp³-hybridized carbons (Fsp3) is 0.538. The zero-order chi connectivity index (χ0) is 22.9. The Hall–Kier alpha value is -2.60. The molecule has 0 unspecified atom stereocenters. The van der Waals surface area contributed by atoms with E-state index < -0.39 is 0 Å². The van der Waals surface area contributed by atoms with Crippen LogP contribution in [0.4, 0.5) is 0 Å². The molecular formula is C26H37N3O3. The number of ether oxygens (including phenoxy) is 1. The molecule has 0 aliphatic heterocycles. The molecule has 2 aromatic rings. The molecule has 6 heteroatoms. The summed E-state index contributed by atoms with van der Waals surface area (Å²) in [6.07, 6.45) is 8.08. The Bertz CT molecular complexity index is 871. The van der Waals surface area contributed by atoms with E-state index in [2.05, 4.69) is 6.92 Å². The van der Waals surface area contributed by atoms with Crippen molar-refractivity contribution in [1.82, 2.24) is 14.4 Å². The topological polar surface area (TPSA) is 54.8 Å². The number of hydrogen-bond donors (Lipinski definition) is 0. The van der Waals surface area contributed by atoms with Crippen LogP contribution in [-0.4, -0.2) is 59.0 Å². The molecule has 174 valence electrons. The van der Waals surface area contributed by atoms with Crippen LogP contribution in [0.5, 0.6) is 0 Å². The summed E-state index contributed by atoms with van der Waals surface area (Å²) in [5.74, 6) is -0.0786. The van der Waals surface area contributed by atoms with E-state index in [9.17, 15) is 9.59 Å². The first-order chi connectivity index (χ1) is 15.5. The SMILES string of the molecule is CCCCc1ccc(C(=O)N(CCCOC)CC(=O)N(Cc2cccn2C)C2CC2)cc1. The summed E-state index contributed by atoms with van der Waals surface area (Å²) in [5.41, 5.74) is 2.98. The smallest absolute Gasteiger partial charge is 0.254 e. The van der Waals surface area contributed by atoms with Gasteiger partial charge in [0.1, 0.15) is 6.54 Å². The van der Waals surface area contributed by atoms with E-state index in [1.807, 2.05) is 59.1 Å². The molecule has 6 nitrogen and oxygen atoms in total. The number of aromatic nitrogens is 1. The number of rotatable bonds is 13. The van der Waals surface area contributed by atoms with Crippen LogP contribution in [0, 0.1) is 0 Å². The largest absolute Gasteiger partial charge is 0.385 e. The number of carbonyl (C=O) groups is 2. The molecule has 1 aromatic heterocycles. The first kappa shape index (κ1) is 24.1. The van der Waals surface area contributed by atoms with Gasteiger partial charge in [0.25, 0.3) is 5.91 Å². The summed E-state index contributed by atoms with van der Waals surface area (Å²) in [7, 11) is 3.65. The van der Waals surface area contributed by atoms with Gasteiger partial charge in [-0.1, -0.05) is 25.5 Å². The molecule has 3 rings (SSSR count). The lowest BCUT2D eigenvalue weighted by Gasteiger charge is -2.28. The number of hydrogen-bond acceptors (Lipinski definition) is 3. The minimum atomic E-state index is -0.0916. The number of carbonyl (C=O) groups excluding carboxylic acids is 2. The van der Waals surface area contributed by atoms with Crippen molar-refractivity contribution in [3.05, 3.63) is 59.4 Å². The van der Waals surface area contributed by atoms with Gasteiger partial charge in [0.05, 0.1) is 6.54 Å². The van der Waals surface area contributed by atoms with E-state index in [-0.39, 0.29) is 24.4 Å². The van der Waals surface area contributed by atoms with Crippen LogP contribution < -0.4 is 0 Å². The van der Waals surface area contributed by atoms with Crippen molar-refractivity contribution >= 4 is 11.8 Å². The Morgan fingerprint density at radius 2 is 1.88 bits per heavy atom. The Kier molecular flexibility index (Phi) is 8.91. The Morgan fingerprint density at radius 1 is 1.12 bits per heavy atom. The molecule has 2 amide bonds. The predicted molar refractivity (Wildman–Crippen MR) is 126 cm³/mol. The molecule has 1 saturated carbocycles. The van der Waals surface area contributed by atoms with Crippen LogP contribution in [0.25, 0.3) is 0 Å². The van der Waals surface area contributed by atoms with E-state index in [1.54, 1.807) is 12.0 Å². The first-order valence-corrected chi connectivity index (χ1v) is 11.8. The first-order valence-electron chi connectivity index (χ1n) is 11.8. The molecule has 0 spiro atoms. The molecule has 1 fully saturated rings. The summed E-state index contributed by atoms with van der Waals surface area (Å²) >= 11 is 0. The average molecular weight is 440 g/mol. The van der Waals surface area contributed by atoms with E-state index in [4.69, 9.17) is 4.74 Å². The van der Waals surface area contributed by atoms with Gasteiger partial charge < -0.3 is 19.1 Å². The summed E-state index contributed by atoms with van der Waals surface area (Å²) in [4.78, 5) is 30.2. The number of methoxy groups -OCH3 is 1. The van der Waals surface area contributed by atoms with Gasteiger partial charge in [0.2, 0.25) is 5.91 Å². The third-order valence-corrected chi connectivity index (χ3v) is 6.10. The second kappa shape index (κ2) is 11.9. The highest BCUT2D eigenvalue weighted by Gasteiger charge is 2.34. The Morgan fingerprint density at radius 3 is 2.47 bits per heavy atom. The fourth-order valence-electron chi connectivity index (χ4n) is 3.93. The molecule has 0 saturated heterocycles. The van der Waals surface area contributed by atoms with E-state index >= 15 is 0 Å². The van der Waals surface area contributed by atoms with Gasteiger partial charge in [-0.05, 0) is 61.9 Å². The van der Waals surface area contributed by atoms with Crippen molar-refractivity contribution in [2.24, 2.45) is 7.05 Å². The summed E-state index contributed by atoms with van der Waals surface area (Å²) in [6, 6.07) is 12.2. The predicted octanol–water partition coefficient (Wildman–Crippen LogP) is 4.04. The quantitative estimate of drug-likeness (QED) is 0.443. The molecule has 1 aromatic carbocycles. The van der Waals surface area contributed by atoms with Gasteiger partial charge >= 0.3 is 0 Å². The van der Waals surface area contributed by atoms with Crippen molar-refractivity contribution in [2.75, 3.05) is 26.8 Å². The third kappa shape index (κ3) is 6.70. The van der Waals surface area contributed by atoms with Crippen LogP contribution in [0.15, 0.2) is 42.6 Å². The number of benzene rings is 1. The van der Waals surface area contributed by atoms with E-state index in [0.29, 0.717) is 31.7 Å². The van der Waals surface area contributed by atoms with Crippen LogP contribution in [0.1, 0.15) is 60.6 Å². The molecule has 1 aliphatic carbocycles. The van der Waals surface area contributed by atoms with Crippen molar-refractivity contribution in [3.8, 4) is 0 Å². The zero-order valence-electron chi connectivity index (χ0n) is 19.8. The monoisotopic (exact) mass is 439 g/mol. The van der Waals surface area contributed by atoms with Gasteiger partial charge in [-0.2, -0.15) is 0 Å². The second-order valence-electron chi connectivity index (χ2n) is 8.74. The normalized spacial score (nSPS) is 13.2. The molecule has 0 bridgehead atoms. The van der Waals surface area contributed by atoms with Crippen LogP contribution in [0.2, 0.25) is 0 Å². The Labute approximate surface area is 192 Å². The van der Waals surface area contributed by atoms with Gasteiger partial charge in [0.15, 0.2) is 0 Å². The highest BCUT2D eigenvalue weighted by molar-refractivity contribution is 5.96. The van der Waals surface area contributed by atoms with Crippen molar-refractivity contribution < 1.29 is 14.3 Å². The maximum absolute atomic E-state index is 13.3. The lowest BCUT2D eigenvalue weighted by molar-refractivity contribution is -0.133. The van der Waals surface area contributed by atoms with Crippen LogP contribution in [-0.2, 0) is 29.5 Å². The van der Waals surface area contributed by atoms with Crippen molar-refractivity contribution in [3.63, 3.8) is 0 Å². The van der Waals surface area contributed by atoms with Crippen LogP contribution >= 0.6 is 0 Å². The minimum Gasteiger partial charge on any atom is -0.385 e. The number of unbranched alkanes of at least 4 members (excludes halogenated alkanes) is 1. The van der Waals surface area contributed by atoms with E-state index in [0.717, 1.165) is 37.8 Å². The van der Waals surface area contributed by atoms with Crippen molar-refractivity contribution in [1.29, 1.82) is 0 Å².